The molecule has 0 radical (unpaired) electrons. The summed E-state index contributed by atoms with van der Waals surface area (Å²) in [5.41, 5.74) is 5.37. The van der Waals surface area contributed by atoms with Crippen LogP contribution >= 0.6 is 0 Å². The Morgan fingerprint density at radius 2 is 1.84 bits per heavy atom. The molecule has 3 rings (SSSR count). The number of ether oxygens (including phenoxy) is 1. The Kier molecular flexibility index (Phi) is 2.94. The van der Waals surface area contributed by atoms with E-state index in [0.29, 0.717) is 6.04 Å². The Morgan fingerprint density at radius 3 is 2.53 bits per heavy atom. The molecular formula is C17H19NO. The maximum Gasteiger partial charge on any atom is 0.120 e. The number of anilines is 1. The molecule has 1 atom stereocenters. The second-order valence-corrected chi connectivity index (χ2v) is 5.24. The van der Waals surface area contributed by atoms with Crippen LogP contribution in [0.5, 0.6) is 5.75 Å². The Morgan fingerprint density at radius 1 is 1.11 bits per heavy atom. The van der Waals surface area contributed by atoms with Crippen LogP contribution < -0.4 is 9.64 Å². The summed E-state index contributed by atoms with van der Waals surface area (Å²) >= 11 is 0. The van der Waals surface area contributed by atoms with Gasteiger partial charge in [-0.2, -0.15) is 0 Å². The molecule has 2 aromatic rings. The smallest absolute Gasteiger partial charge is 0.120 e. The van der Waals surface area contributed by atoms with Crippen molar-refractivity contribution in [2.75, 3.05) is 19.1 Å². The first-order valence-corrected chi connectivity index (χ1v) is 6.65. The second-order valence-electron chi connectivity index (χ2n) is 5.24. The summed E-state index contributed by atoms with van der Waals surface area (Å²) in [5, 5.41) is 0. The first-order valence-electron chi connectivity index (χ1n) is 6.65. The van der Waals surface area contributed by atoms with Crippen LogP contribution in [0.25, 0.3) is 0 Å². The summed E-state index contributed by atoms with van der Waals surface area (Å²) in [6, 6.07) is 15.6. The van der Waals surface area contributed by atoms with Crippen molar-refractivity contribution >= 4 is 5.69 Å². The highest BCUT2D eigenvalue weighted by molar-refractivity contribution is 5.62. The molecule has 1 heterocycles. The van der Waals surface area contributed by atoms with Gasteiger partial charge in [-0.15, -0.1) is 0 Å². The fraction of sp³-hybridized carbons (Fsp3) is 0.294. The summed E-state index contributed by atoms with van der Waals surface area (Å²) in [6.45, 7) is 2.13. The third-order valence-electron chi connectivity index (χ3n) is 4.02. The molecule has 2 aromatic carbocycles. The Labute approximate surface area is 114 Å². The number of aryl methyl sites for hydroxylation is 1. The van der Waals surface area contributed by atoms with Crippen molar-refractivity contribution in [2.24, 2.45) is 0 Å². The van der Waals surface area contributed by atoms with Gasteiger partial charge in [0.2, 0.25) is 0 Å². The topological polar surface area (TPSA) is 12.5 Å². The average molecular weight is 253 g/mol. The predicted octanol–water partition coefficient (Wildman–Crippen LogP) is 3.74. The first-order chi connectivity index (χ1) is 9.19. The minimum atomic E-state index is 0.433. The predicted molar refractivity (Wildman–Crippen MR) is 79.0 cm³/mol. The zero-order valence-electron chi connectivity index (χ0n) is 11.7. The van der Waals surface area contributed by atoms with Crippen molar-refractivity contribution in [1.29, 1.82) is 0 Å². The van der Waals surface area contributed by atoms with Crippen LogP contribution in [-0.2, 0) is 6.42 Å². The van der Waals surface area contributed by atoms with Gasteiger partial charge >= 0.3 is 0 Å². The zero-order chi connectivity index (χ0) is 13.4. The Bertz CT molecular complexity index is 589. The molecule has 0 fully saturated rings. The highest BCUT2D eigenvalue weighted by Gasteiger charge is 2.27. The second kappa shape index (κ2) is 4.61. The molecule has 0 saturated heterocycles. The van der Waals surface area contributed by atoms with Crippen molar-refractivity contribution in [3.05, 3.63) is 59.2 Å². The quantitative estimate of drug-likeness (QED) is 0.808. The van der Waals surface area contributed by atoms with Crippen molar-refractivity contribution in [3.8, 4) is 5.75 Å². The fourth-order valence-corrected chi connectivity index (χ4v) is 2.81. The zero-order valence-corrected chi connectivity index (χ0v) is 11.7. The van der Waals surface area contributed by atoms with E-state index in [9.17, 15) is 0 Å². The maximum atomic E-state index is 5.32. The number of rotatable bonds is 2. The number of likely N-dealkylation sites (N-methyl/N-ethyl adjacent to an activating group) is 1. The molecule has 1 unspecified atom stereocenters. The first kappa shape index (κ1) is 12.1. The highest BCUT2D eigenvalue weighted by Crippen LogP contribution is 2.40. The number of nitrogens with zero attached hydrogens (tertiary/aromatic N) is 1. The van der Waals surface area contributed by atoms with Crippen molar-refractivity contribution in [2.45, 2.75) is 19.4 Å². The summed E-state index contributed by atoms with van der Waals surface area (Å²) < 4.78 is 5.32. The summed E-state index contributed by atoms with van der Waals surface area (Å²) in [7, 11) is 3.88. The van der Waals surface area contributed by atoms with Crippen molar-refractivity contribution < 1.29 is 4.74 Å². The van der Waals surface area contributed by atoms with Gasteiger partial charge in [0.25, 0.3) is 0 Å². The van der Waals surface area contributed by atoms with Gasteiger partial charge in [-0.1, -0.05) is 35.9 Å². The molecule has 0 aromatic heterocycles. The third-order valence-corrected chi connectivity index (χ3v) is 4.02. The van der Waals surface area contributed by atoms with Gasteiger partial charge in [0.05, 0.1) is 13.2 Å². The standard InChI is InChI=1S/C17H19NO/c1-12-4-6-13(7-5-12)16-10-14-8-9-15(19-3)11-17(14)18(16)2/h4-9,11,16H,10H2,1-3H3. The van der Waals surface area contributed by atoms with Crippen LogP contribution in [0.2, 0.25) is 0 Å². The van der Waals surface area contributed by atoms with Crippen LogP contribution in [-0.4, -0.2) is 14.2 Å². The molecule has 1 aliphatic heterocycles. The Balaban J connectivity index is 1.94. The normalized spacial score (nSPS) is 17.4. The fourth-order valence-electron chi connectivity index (χ4n) is 2.81. The van der Waals surface area contributed by atoms with Gasteiger partial charge in [0.1, 0.15) is 5.75 Å². The lowest BCUT2D eigenvalue weighted by atomic mass is 10.0. The minimum Gasteiger partial charge on any atom is -0.497 e. The molecule has 2 nitrogen and oxygen atoms in total. The summed E-state index contributed by atoms with van der Waals surface area (Å²) in [6.07, 6.45) is 1.07. The lowest BCUT2D eigenvalue weighted by molar-refractivity contribution is 0.415. The van der Waals surface area contributed by atoms with Gasteiger partial charge in [0.15, 0.2) is 0 Å². The third kappa shape index (κ3) is 2.07. The summed E-state index contributed by atoms with van der Waals surface area (Å²) in [4.78, 5) is 2.35. The molecule has 2 heteroatoms. The van der Waals surface area contributed by atoms with Crippen LogP contribution in [0, 0.1) is 6.92 Å². The molecule has 0 spiro atoms. The molecule has 0 N–H and O–H groups in total. The molecule has 1 aliphatic rings. The van der Waals surface area contributed by atoms with E-state index in [-0.39, 0.29) is 0 Å². The van der Waals surface area contributed by atoms with Crippen molar-refractivity contribution in [3.63, 3.8) is 0 Å². The van der Waals surface area contributed by atoms with Gasteiger partial charge in [-0.25, -0.2) is 0 Å². The van der Waals surface area contributed by atoms with Gasteiger partial charge in [-0.05, 0) is 30.5 Å². The van der Waals surface area contributed by atoms with E-state index >= 15 is 0 Å². The van der Waals surface area contributed by atoms with E-state index < -0.39 is 0 Å². The highest BCUT2D eigenvalue weighted by atomic mass is 16.5. The average Bonchev–Trinajstić information content (AvgIpc) is 2.76. The number of hydrogen-bond acceptors (Lipinski definition) is 2. The number of benzene rings is 2. The number of fused-ring (bicyclic) bond motifs is 1. The van der Waals surface area contributed by atoms with Crippen LogP contribution in [0.3, 0.4) is 0 Å². The molecule has 0 bridgehead atoms. The van der Waals surface area contributed by atoms with E-state index in [4.69, 9.17) is 4.74 Å². The van der Waals surface area contributed by atoms with Gasteiger partial charge in [-0.3, -0.25) is 0 Å². The van der Waals surface area contributed by atoms with Crippen LogP contribution in [0.15, 0.2) is 42.5 Å². The van der Waals surface area contributed by atoms with Gasteiger partial charge < -0.3 is 9.64 Å². The molecule has 0 aliphatic carbocycles. The van der Waals surface area contributed by atoms with Gasteiger partial charge in [0, 0.05) is 18.8 Å². The molecule has 0 saturated carbocycles. The molecule has 19 heavy (non-hydrogen) atoms. The van der Waals surface area contributed by atoms with Crippen molar-refractivity contribution in [1.82, 2.24) is 0 Å². The number of hydrogen-bond donors (Lipinski definition) is 0. The molecule has 0 amide bonds. The molecule has 98 valence electrons. The number of methoxy groups -OCH3 is 1. The maximum absolute atomic E-state index is 5.32. The van der Waals surface area contributed by atoms with E-state index in [1.807, 2.05) is 6.07 Å². The monoisotopic (exact) mass is 253 g/mol. The SMILES string of the molecule is COc1ccc2c(c1)N(C)C(c1ccc(C)cc1)C2. The summed E-state index contributed by atoms with van der Waals surface area (Å²) in [5.74, 6) is 0.926. The van der Waals surface area contributed by atoms with E-state index in [0.717, 1.165) is 12.2 Å². The minimum absolute atomic E-state index is 0.433. The largest absolute Gasteiger partial charge is 0.497 e. The van der Waals surface area contributed by atoms with E-state index in [1.165, 1.54) is 22.4 Å². The Hall–Kier alpha value is -1.96. The molecular weight excluding hydrogens is 234 g/mol. The lowest BCUT2D eigenvalue weighted by Crippen LogP contribution is -2.19. The van der Waals surface area contributed by atoms with Crippen LogP contribution in [0.1, 0.15) is 22.7 Å². The lowest BCUT2D eigenvalue weighted by Gasteiger charge is -2.23. The van der Waals surface area contributed by atoms with Crippen LogP contribution in [0.4, 0.5) is 5.69 Å². The van der Waals surface area contributed by atoms with E-state index in [1.54, 1.807) is 7.11 Å². The van der Waals surface area contributed by atoms with E-state index in [2.05, 4.69) is 55.3 Å².